The first-order valence-electron chi connectivity index (χ1n) is 25.8. The molecule has 4 heterocycles. The van der Waals surface area contributed by atoms with Crippen molar-refractivity contribution in [2.75, 3.05) is 84.5 Å². The van der Waals surface area contributed by atoms with E-state index in [4.69, 9.17) is 20.6 Å². The normalized spacial score (nSPS) is 18.4. The van der Waals surface area contributed by atoms with Gasteiger partial charge in [0.1, 0.15) is 4.90 Å². The number of phosphoric acid groups is 1. The number of rotatable bonds is 19. The van der Waals surface area contributed by atoms with Gasteiger partial charge in [-0.15, -0.1) is 11.8 Å². The highest BCUT2D eigenvalue weighted by Gasteiger charge is 2.49. The molecule has 0 saturated carbocycles. The van der Waals surface area contributed by atoms with E-state index in [0.717, 1.165) is 39.2 Å². The van der Waals surface area contributed by atoms with Gasteiger partial charge in [-0.05, 0) is 130 Å². The number of carbonyl (C=O) groups is 1. The van der Waals surface area contributed by atoms with E-state index in [1.54, 1.807) is 24.3 Å². The van der Waals surface area contributed by atoms with Crippen LogP contribution in [0, 0.1) is 6.92 Å². The van der Waals surface area contributed by atoms with Gasteiger partial charge in [-0.2, -0.15) is 13.2 Å². The van der Waals surface area contributed by atoms with E-state index in [-0.39, 0.29) is 35.7 Å². The molecule has 3 aliphatic heterocycles. The third kappa shape index (κ3) is 13.1. The van der Waals surface area contributed by atoms with E-state index >= 15 is 4.57 Å². The Bertz CT molecular complexity index is 3360. The molecule has 3 fully saturated rings. The molecular formula is C55H62ClF3N6O10P2S2. The van der Waals surface area contributed by atoms with Crippen molar-refractivity contribution >= 4 is 82.6 Å². The van der Waals surface area contributed by atoms with Crippen LogP contribution in [0.25, 0.3) is 22.4 Å². The number of piperidine rings is 1. The number of carboxylic acid groups (broad SMARTS) is 1. The Hall–Kier alpha value is -5.31. The van der Waals surface area contributed by atoms with Gasteiger partial charge in [0.15, 0.2) is 0 Å². The molecule has 79 heavy (non-hydrogen) atoms. The first-order chi connectivity index (χ1) is 37.5. The highest BCUT2D eigenvalue weighted by molar-refractivity contribution is 7.99. The van der Waals surface area contributed by atoms with Crippen LogP contribution in [-0.2, 0) is 28.0 Å². The van der Waals surface area contributed by atoms with Gasteiger partial charge in [-0.1, -0.05) is 54.1 Å². The second kappa shape index (κ2) is 24.0. The minimum absolute atomic E-state index is 0.0303. The molecule has 16 nitrogen and oxygen atoms in total. The standard InChI is InChI=1S/C55H62ClF3N6O10P2S2/c1-37(2)65-38(3)51(54(66)67)52(53(65)39-12-14-41(56)15-13-39)40-8-7-9-45(34-40)63-30-28-62(29-31-63)43-16-18-44(19-17-43)64-32-33-74-76(64,68)47-20-21-49(50(35-47)79(72,73)55(57,58)59)60-42(36-78-48-10-5-4-6-11-48)22-25-61-26-23-46(24-27-61)75-77(69,70)71/h4-21,34-35,37,42,46,60H,22-33,36H2,1-3H3,(H,66,67)(H2,69,70,71)/t42-,76+/m1/s1. The first kappa shape index (κ1) is 58.3. The van der Waals surface area contributed by atoms with Crippen molar-refractivity contribution in [3.63, 3.8) is 0 Å². The number of carboxylic acids is 1. The van der Waals surface area contributed by atoms with E-state index in [0.29, 0.717) is 92.8 Å². The molecule has 3 aliphatic rings. The van der Waals surface area contributed by atoms with Crippen LogP contribution in [0.1, 0.15) is 55.2 Å². The average Bonchev–Trinajstić information content (AvgIpc) is 4.14. The quantitative estimate of drug-likeness (QED) is 0.0441. The summed E-state index contributed by atoms with van der Waals surface area (Å²) in [5.74, 6) is -0.679. The molecule has 6 aromatic rings. The predicted molar refractivity (Wildman–Crippen MR) is 305 cm³/mol. The minimum Gasteiger partial charge on any atom is -0.478 e. The zero-order valence-corrected chi connectivity index (χ0v) is 47.8. The van der Waals surface area contributed by atoms with Crippen LogP contribution < -0.4 is 25.1 Å². The Morgan fingerprint density at radius 1 is 0.848 bits per heavy atom. The summed E-state index contributed by atoms with van der Waals surface area (Å²) in [5.41, 5.74) is 0.225. The molecule has 9 rings (SSSR count). The van der Waals surface area contributed by atoms with Crippen molar-refractivity contribution in [1.82, 2.24) is 9.47 Å². The maximum absolute atomic E-state index is 15.0. The monoisotopic (exact) mass is 1180 g/mol. The van der Waals surface area contributed by atoms with Crippen molar-refractivity contribution in [2.45, 2.75) is 73.5 Å². The molecule has 422 valence electrons. The number of likely N-dealkylation sites (tertiary alicyclic amines) is 1. The van der Waals surface area contributed by atoms with Crippen LogP contribution >= 0.6 is 38.7 Å². The lowest BCUT2D eigenvalue weighted by Crippen LogP contribution is -2.46. The summed E-state index contributed by atoms with van der Waals surface area (Å²) in [4.78, 5) is 37.8. The van der Waals surface area contributed by atoms with E-state index in [1.807, 2.05) is 99.6 Å². The van der Waals surface area contributed by atoms with Gasteiger partial charge >= 0.3 is 26.8 Å². The topological polar surface area (TPSA) is 194 Å². The highest BCUT2D eigenvalue weighted by atomic mass is 35.5. The SMILES string of the molecule is Cc1c(C(=O)O)c(-c2cccc(N3CCN(c4ccc(N5CCO[P@@]5(=O)c5ccc(N[C@H](CCN6CCC(OP(=O)(O)O)CC6)CSc6ccccc6)c(S(=O)(=O)C(F)(F)F)c5)cc4)CC3)c2)c(-c2ccc(Cl)cc2)n1C(C)C. The molecule has 0 bridgehead atoms. The number of thioether (sulfide) groups is 1. The van der Waals surface area contributed by atoms with Gasteiger partial charge in [0.2, 0.25) is 0 Å². The van der Waals surface area contributed by atoms with Crippen molar-refractivity contribution in [2.24, 2.45) is 0 Å². The number of piperazine rings is 1. The Morgan fingerprint density at radius 2 is 1.49 bits per heavy atom. The number of hydrogen-bond acceptors (Lipinski definition) is 12. The molecule has 0 amide bonds. The Morgan fingerprint density at radius 3 is 2.11 bits per heavy atom. The maximum atomic E-state index is 15.0. The van der Waals surface area contributed by atoms with Gasteiger partial charge in [-0.3, -0.25) is 13.8 Å². The summed E-state index contributed by atoms with van der Waals surface area (Å²) in [6, 6.07) is 34.7. The van der Waals surface area contributed by atoms with Crippen LogP contribution in [0.15, 0.2) is 131 Å². The fourth-order valence-electron chi connectivity index (χ4n) is 10.7. The van der Waals surface area contributed by atoms with Crippen LogP contribution in [-0.4, -0.2) is 121 Å². The molecule has 0 spiro atoms. The van der Waals surface area contributed by atoms with E-state index in [9.17, 15) is 45.8 Å². The van der Waals surface area contributed by atoms with Gasteiger partial charge in [0, 0.05) is 102 Å². The zero-order chi connectivity index (χ0) is 56.4. The van der Waals surface area contributed by atoms with Crippen molar-refractivity contribution in [3.05, 3.63) is 138 Å². The highest BCUT2D eigenvalue weighted by Crippen LogP contribution is 2.56. The molecule has 4 N–H and O–H groups in total. The number of aromatic carboxylic acids is 1. The van der Waals surface area contributed by atoms with Crippen molar-refractivity contribution < 1.29 is 59.5 Å². The fourth-order valence-corrected chi connectivity index (χ4v) is 15.7. The number of aromatic nitrogens is 1. The van der Waals surface area contributed by atoms with E-state index < -0.39 is 53.7 Å². The number of benzene rings is 5. The summed E-state index contributed by atoms with van der Waals surface area (Å²) < 4.78 is 111. The first-order valence-corrected chi connectivity index (χ1v) is 31.8. The molecule has 2 atom stereocenters. The van der Waals surface area contributed by atoms with Gasteiger partial charge < -0.3 is 44.0 Å². The molecule has 5 aromatic carbocycles. The summed E-state index contributed by atoms with van der Waals surface area (Å²) >= 11 is 7.71. The third-order valence-electron chi connectivity index (χ3n) is 14.5. The number of halogens is 4. The lowest BCUT2D eigenvalue weighted by molar-refractivity contribution is -0.0435. The molecule has 3 saturated heterocycles. The molecule has 0 aliphatic carbocycles. The lowest BCUT2D eigenvalue weighted by atomic mass is 9.96. The number of hydrogen-bond donors (Lipinski definition) is 4. The number of nitrogens with one attached hydrogen (secondary N) is 1. The van der Waals surface area contributed by atoms with Gasteiger partial charge in [-0.25, -0.2) is 17.8 Å². The molecule has 0 unspecified atom stereocenters. The van der Waals surface area contributed by atoms with Crippen molar-refractivity contribution in [1.29, 1.82) is 0 Å². The maximum Gasteiger partial charge on any atom is 0.501 e. The van der Waals surface area contributed by atoms with Gasteiger partial charge in [0.05, 0.1) is 41.5 Å². The van der Waals surface area contributed by atoms with E-state index in [1.165, 1.54) is 28.6 Å². The van der Waals surface area contributed by atoms with Crippen LogP contribution in [0.2, 0.25) is 5.02 Å². The number of alkyl halides is 3. The Labute approximate surface area is 467 Å². The largest absolute Gasteiger partial charge is 0.501 e. The summed E-state index contributed by atoms with van der Waals surface area (Å²) in [5, 5.41) is 14.0. The summed E-state index contributed by atoms with van der Waals surface area (Å²) in [6.45, 7) is 9.87. The molecule has 0 radical (unpaired) electrons. The fraction of sp³-hybridized carbons (Fsp3) is 0.364. The lowest BCUT2D eigenvalue weighted by Gasteiger charge is -2.37. The minimum atomic E-state index is -6.00. The zero-order valence-electron chi connectivity index (χ0n) is 43.6. The number of nitrogens with zero attached hydrogens (tertiary/aromatic N) is 5. The second-order valence-electron chi connectivity index (χ2n) is 20.0. The molecule has 1 aromatic heterocycles. The second-order valence-corrected chi connectivity index (χ2v) is 26.9. The smallest absolute Gasteiger partial charge is 0.478 e. The number of sulfone groups is 1. The molecular weight excluding hydrogens is 1120 g/mol. The third-order valence-corrected chi connectivity index (χ3v) is 20.6. The summed E-state index contributed by atoms with van der Waals surface area (Å²) in [7, 11) is -14.8. The number of anilines is 4. The van der Waals surface area contributed by atoms with Gasteiger partial charge in [0.25, 0.3) is 9.84 Å². The average molecular weight is 1190 g/mol. The Balaban J connectivity index is 0.914. The van der Waals surface area contributed by atoms with E-state index in [2.05, 4.69) is 24.6 Å². The van der Waals surface area contributed by atoms with Crippen LogP contribution in [0.3, 0.4) is 0 Å². The number of phosphoric ester groups is 1. The van der Waals surface area contributed by atoms with Crippen LogP contribution in [0.5, 0.6) is 0 Å². The predicted octanol–water partition coefficient (Wildman–Crippen LogP) is 11.6. The van der Waals surface area contributed by atoms with Crippen LogP contribution in [0.4, 0.5) is 35.9 Å². The van der Waals surface area contributed by atoms with Crippen molar-refractivity contribution in [3.8, 4) is 22.4 Å². The summed E-state index contributed by atoms with van der Waals surface area (Å²) in [6.07, 6.45) is 0.463. The molecule has 24 heteroatoms. The Kier molecular flexibility index (Phi) is 17.7.